The molecule has 0 fully saturated rings. The van der Waals surface area contributed by atoms with E-state index in [0.29, 0.717) is 18.6 Å². The first-order valence-corrected chi connectivity index (χ1v) is 17.1. The second-order valence-corrected chi connectivity index (χ2v) is 12.0. The first kappa shape index (κ1) is 37.6. The van der Waals surface area contributed by atoms with Crippen LogP contribution in [0.4, 0.5) is 18.0 Å². The Hall–Kier alpha value is -3.81. The molecule has 0 N–H and O–H groups in total. The average Bonchev–Trinajstić information content (AvgIpc) is 3.07. The Morgan fingerprint density at radius 2 is 1.23 bits per heavy atom. The molecule has 1 atom stereocenters. The van der Waals surface area contributed by atoms with Gasteiger partial charge in [0.1, 0.15) is 5.75 Å². The zero-order valence-corrected chi connectivity index (χ0v) is 27.8. The molecule has 3 rings (SSSR count). The largest absolute Gasteiger partial charge is 0.517 e. The summed E-state index contributed by atoms with van der Waals surface area (Å²) in [7, 11) is 0. The van der Waals surface area contributed by atoms with E-state index in [9.17, 15) is 22.8 Å². The number of hydrogen-bond acceptors (Lipinski definition) is 5. The highest BCUT2D eigenvalue weighted by atomic mass is 19.4. The third-order valence-corrected chi connectivity index (χ3v) is 8.12. The highest BCUT2D eigenvalue weighted by Crippen LogP contribution is 2.34. The van der Waals surface area contributed by atoms with Crippen LogP contribution >= 0.6 is 0 Å². The Morgan fingerprint density at radius 3 is 1.85 bits per heavy atom. The molecule has 0 aliphatic heterocycles. The van der Waals surface area contributed by atoms with Crippen LogP contribution in [0.5, 0.6) is 5.75 Å². The molecule has 1 unspecified atom stereocenters. The van der Waals surface area contributed by atoms with Gasteiger partial charge in [-0.2, -0.15) is 13.2 Å². The van der Waals surface area contributed by atoms with E-state index in [1.165, 1.54) is 51.0 Å². The van der Waals surface area contributed by atoms with Crippen LogP contribution in [-0.2, 0) is 9.47 Å². The normalized spacial score (nSPS) is 12.0. The number of hydrogen-bond donors (Lipinski definition) is 0. The quantitative estimate of drug-likeness (QED) is 0.0689. The van der Waals surface area contributed by atoms with Gasteiger partial charge < -0.3 is 14.2 Å². The lowest BCUT2D eigenvalue weighted by atomic mass is 9.93. The van der Waals surface area contributed by atoms with Crippen LogP contribution in [0.2, 0.25) is 0 Å². The number of ether oxygens (including phenoxy) is 3. The van der Waals surface area contributed by atoms with Gasteiger partial charge in [-0.25, -0.2) is 9.59 Å². The third-order valence-electron chi connectivity index (χ3n) is 8.12. The van der Waals surface area contributed by atoms with Crippen LogP contribution in [0.3, 0.4) is 0 Å². The first-order valence-electron chi connectivity index (χ1n) is 17.1. The Kier molecular flexibility index (Phi) is 16.4. The number of rotatable bonds is 20. The lowest BCUT2D eigenvalue weighted by Gasteiger charge is -2.20. The van der Waals surface area contributed by atoms with Gasteiger partial charge in [-0.1, -0.05) is 133 Å². The molecule has 0 aromatic heterocycles. The van der Waals surface area contributed by atoms with E-state index in [-0.39, 0.29) is 18.4 Å². The fourth-order valence-electron chi connectivity index (χ4n) is 5.43. The third kappa shape index (κ3) is 13.4. The minimum Gasteiger partial charge on any atom is -0.494 e. The van der Waals surface area contributed by atoms with E-state index < -0.39 is 24.4 Å². The maximum atomic E-state index is 13.5. The zero-order valence-electron chi connectivity index (χ0n) is 27.8. The second-order valence-electron chi connectivity index (χ2n) is 12.0. The molecule has 0 aliphatic carbocycles. The van der Waals surface area contributed by atoms with E-state index in [0.717, 1.165) is 48.1 Å². The number of benzene rings is 3. The number of unbranched alkanes of at least 4 members (excludes halogenated alkanes) is 11. The second kappa shape index (κ2) is 20.4. The number of carbonyl (C=O) groups is 2. The predicted molar refractivity (Wildman–Crippen MR) is 181 cm³/mol. The summed E-state index contributed by atoms with van der Waals surface area (Å²) in [5.41, 5.74) is 3.23. The lowest BCUT2D eigenvalue weighted by molar-refractivity contribution is -0.209. The Morgan fingerprint density at radius 1 is 0.660 bits per heavy atom. The highest BCUT2D eigenvalue weighted by molar-refractivity contribution is 5.98. The number of esters is 1. The fourth-order valence-corrected chi connectivity index (χ4v) is 5.43. The molecule has 0 amide bonds. The molecular formula is C39H49F3O5. The maximum Gasteiger partial charge on any atom is 0.517 e. The van der Waals surface area contributed by atoms with Crippen LogP contribution in [0, 0.1) is 0 Å². The molecule has 0 saturated carbocycles. The molecule has 3 aromatic carbocycles. The topological polar surface area (TPSA) is 61.8 Å². The Labute approximate surface area is 277 Å². The minimum atomic E-state index is -4.76. The minimum absolute atomic E-state index is 0.0111. The monoisotopic (exact) mass is 654 g/mol. The van der Waals surface area contributed by atoms with Crippen molar-refractivity contribution in [2.75, 3.05) is 6.61 Å². The van der Waals surface area contributed by atoms with Gasteiger partial charge in [0.2, 0.25) is 6.10 Å². The van der Waals surface area contributed by atoms with E-state index in [2.05, 4.69) is 11.7 Å². The molecule has 47 heavy (non-hydrogen) atoms. The summed E-state index contributed by atoms with van der Waals surface area (Å²) in [5.74, 6) is -0.318. The van der Waals surface area contributed by atoms with E-state index in [1.807, 2.05) is 61.5 Å². The molecule has 0 spiro atoms. The summed E-state index contributed by atoms with van der Waals surface area (Å²) < 4.78 is 55.6. The number of carbonyl (C=O) groups excluding carboxylic acids is 2. The maximum absolute atomic E-state index is 13.5. The van der Waals surface area contributed by atoms with Crippen LogP contribution < -0.4 is 4.74 Å². The summed E-state index contributed by atoms with van der Waals surface area (Å²) in [6.45, 7) is 4.84. The lowest BCUT2D eigenvalue weighted by Crippen LogP contribution is -2.34. The summed E-state index contributed by atoms with van der Waals surface area (Å²) >= 11 is 0. The average molecular weight is 655 g/mol. The Bertz CT molecular complexity index is 1340. The summed E-state index contributed by atoms with van der Waals surface area (Å²) in [6.07, 6.45) is 4.57. The predicted octanol–water partition coefficient (Wildman–Crippen LogP) is 12.1. The van der Waals surface area contributed by atoms with Gasteiger partial charge in [0.05, 0.1) is 12.2 Å². The van der Waals surface area contributed by atoms with Gasteiger partial charge in [0.15, 0.2) is 0 Å². The fraction of sp³-hybridized carbons (Fsp3) is 0.487. The molecule has 3 aromatic rings. The van der Waals surface area contributed by atoms with Crippen LogP contribution in [0.1, 0.15) is 114 Å². The zero-order chi connectivity index (χ0) is 33.9. The van der Waals surface area contributed by atoms with Crippen molar-refractivity contribution in [3.05, 3.63) is 78.4 Å². The van der Waals surface area contributed by atoms with Gasteiger partial charge in [-0.15, -0.1) is 0 Å². The molecule has 0 saturated heterocycles. The Balaban J connectivity index is 1.63. The summed E-state index contributed by atoms with van der Waals surface area (Å²) in [6, 6.07) is 21.9. The van der Waals surface area contributed by atoms with Crippen molar-refractivity contribution in [1.82, 2.24) is 0 Å². The number of alkyl halides is 3. The summed E-state index contributed by atoms with van der Waals surface area (Å²) in [4.78, 5) is 25.1. The van der Waals surface area contributed by atoms with Gasteiger partial charge in [-0.3, -0.25) is 0 Å². The van der Waals surface area contributed by atoms with Crippen molar-refractivity contribution < 1.29 is 37.0 Å². The molecule has 0 bridgehead atoms. The SMILES string of the molecule is CCCCCCCCCCCOc1ccc(-c2ccc(C(=O)OC(=O)OC(CCCCCC)C(F)(F)F)cc2-c2ccccc2)cc1. The van der Waals surface area contributed by atoms with Gasteiger partial charge >= 0.3 is 18.3 Å². The molecule has 0 radical (unpaired) electrons. The van der Waals surface area contributed by atoms with Gasteiger partial charge in [-0.05, 0) is 65.8 Å². The van der Waals surface area contributed by atoms with Crippen molar-refractivity contribution in [3.63, 3.8) is 0 Å². The van der Waals surface area contributed by atoms with Crippen molar-refractivity contribution >= 4 is 12.1 Å². The standard InChI is InChI=1S/C39H49F3O5/c1-3-5-7-9-10-11-12-13-18-28-45-33-25-22-31(23-26-33)34-27-24-32(29-35(34)30-19-15-14-16-20-30)37(43)47-38(44)46-36(39(40,41)42)21-17-8-6-4-2/h14-16,19-20,22-27,29,36H,3-13,17-18,21,28H2,1-2H3. The molecule has 8 heteroatoms. The smallest absolute Gasteiger partial charge is 0.494 e. The van der Waals surface area contributed by atoms with Crippen LogP contribution in [0.25, 0.3) is 22.3 Å². The van der Waals surface area contributed by atoms with Crippen molar-refractivity contribution in [1.29, 1.82) is 0 Å². The van der Waals surface area contributed by atoms with E-state index in [1.54, 1.807) is 12.1 Å². The van der Waals surface area contributed by atoms with Gasteiger partial charge in [0, 0.05) is 0 Å². The molecule has 0 aliphatic rings. The first-order chi connectivity index (χ1) is 22.7. The molecule has 256 valence electrons. The number of halogens is 3. The van der Waals surface area contributed by atoms with Crippen LogP contribution in [0.15, 0.2) is 72.8 Å². The highest BCUT2D eigenvalue weighted by Gasteiger charge is 2.43. The van der Waals surface area contributed by atoms with Crippen LogP contribution in [-0.4, -0.2) is 31.0 Å². The van der Waals surface area contributed by atoms with Gasteiger partial charge in [0.25, 0.3) is 0 Å². The molecule has 0 heterocycles. The molecule has 5 nitrogen and oxygen atoms in total. The van der Waals surface area contributed by atoms with E-state index in [4.69, 9.17) is 9.47 Å². The van der Waals surface area contributed by atoms with E-state index >= 15 is 0 Å². The van der Waals surface area contributed by atoms with Crippen molar-refractivity contribution in [2.45, 2.75) is 116 Å². The van der Waals surface area contributed by atoms with Crippen molar-refractivity contribution in [2.24, 2.45) is 0 Å². The molecular weight excluding hydrogens is 605 g/mol. The van der Waals surface area contributed by atoms with Crippen molar-refractivity contribution in [3.8, 4) is 28.0 Å². The summed E-state index contributed by atoms with van der Waals surface area (Å²) in [5, 5.41) is 0.